The Morgan fingerprint density at radius 2 is 1.76 bits per heavy atom. The van der Waals surface area contributed by atoms with Gasteiger partial charge in [-0.3, -0.25) is 4.79 Å². The van der Waals surface area contributed by atoms with Crippen LogP contribution in [0.4, 0.5) is 4.39 Å². The maximum atomic E-state index is 13.2. The summed E-state index contributed by atoms with van der Waals surface area (Å²) in [7, 11) is -3.58. The lowest BCUT2D eigenvalue weighted by Crippen LogP contribution is -2.22. The third kappa shape index (κ3) is 3.29. The maximum Gasteiger partial charge on any atom is 0.339 e. The number of rotatable bonds is 3. The normalized spacial score (nSPS) is 11.9. The number of hydrogen-bond donors (Lipinski definition) is 1. The first kappa shape index (κ1) is 18.9. The summed E-state index contributed by atoms with van der Waals surface area (Å²) in [6.07, 6.45) is 1.03. The molecule has 0 radical (unpaired) electrons. The number of benzene rings is 2. The van der Waals surface area contributed by atoms with Gasteiger partial charge in [0.2, 0.25) is 0 Å². The molecule has 148 valence electrons. The van der Waals surface area contributed by atoms with Crippen molar-refractivity contribution in [3.63, 3.8) is 0 Å². The number of aromatic nitrogens is 1. The molecule has 0 amide bonds. The van der Waals surface area contributed by atoms with Crippen LogP contribution in [0.5, 0.6) is 5.75 Å². The molecule has 0 unspecified atom stereocenters. The van der Waals surface area contributed by atoms with Crippen LogP contribution >= 0.6 is 0 Å². The fraction of sp³-hybridized carbons (Fsp3) is 0.100. The van der Waals surface area contributed by atoms with Gasteiger partial charge < -0.3 is 14.1 Å². The summed E-state index contributed by atoms with van der Waals surface area (Å²) in [6.45, 7) is -0.0165. The Kier molecular flexibility index (Phi) is 4.27. The SMILES string of the molecule is CS(=O)(=O)c1ccc2c3oc(=O)cc(O)c3c(=O)n(Cc3ccc(F)cc3)c2c1. The number of hydrogen-bond acceptors (Lipinski definition) is 6. The van der Waals surface area contributed by atoms with Crippen molar-refractivity contribution in [1.82, 2.24) is 4.57 Å². The van der Waals surface area contributed by atoms with E-state index in [-0.39, 0.29) is 33.3 Å². The molecule has 0 spiro atoms. The van der Waals surface area contributed by atoms with Gasteiger partial charge in [-0.05, 0) is 35.9 Å². The maximum absolute atomic E-state index is 13.2. The minimum atomic E-state index is -3.58. The van der Waals surface area contributed by atoms with Crippen LogP contribution in [0, 0.1) is 5.82 Å². The molecule has 2 aromatic carbocycles. The second-order valence-corrected chi connectivity index (χ2v) is 8.64. The third-order valence-corrected chi connectivity index (χ3v) is 5.70. The van der Waals surface area contributed by atoms with E-state index in [1.54, 1.807) is 0 Å². The molecule has 0 saturated carbocycles. The number of halogens is 1. The van der Waals surface area contributed by atoms with Crippen molar-refractivity contribution in [3.8, 4) is 5.75 Å². The topological polar surface area (TPSA) is 107 Å². The van der Waals surface area contributed by atoms with Crippen molar-refractivity contribution in [2.45, 2.75) is 11.4 Å². The molecular formula is C20H14FNO6S. The van der Waals surface area contributed by atoms with E-state index >= 15 is 0 Å². The number of aromatic hydroxyl groups is 1. The van der Waals surface area contributed by atoms with Gasteiger partial charge in [0.05, 0.1) is 23.0 Å². The Labute approximate surface area is 163 Å². The molecule has 1 N–H and O–H groups in total. The zero-order valence-electron chi connectivity index (χ0n) is 15.0. The van der Waals surface area contributed by atoms with Gasteiger partial charge in [0.25, 0.3) is 5.56 Å². The fourth-order valence-corrected chi connectivity index (χ4v) is 3.85. The quantitative estimate of drug-likeness (QED) is 0.515. The van der Waals surface area contributed by atoms with E-state index in [0.29, 0.717) is 5.56 Å². The van der Waals surface area contributed by atoms with Crippen molar-refractivity contribution >= 4 is 31.7 Å². The van der Waals surface area contributed by atoms with Gasteiger partial charge in [0.15, 0.2) is 15.4 Å². The van der Waals surface area contributed by atoms with Crippen LogP contribution in [0.25, 0.3) is 21.9 Å². The highest BCUT2D eigenvalue weighted by Crippen LogP contribution is 2.29. The standard InChI is InChI=1S/C20H14FNO6S/c1-29(26,27)13-6-7-14-15(8-13)22(10-11-2-4-12(21)5-3-11)20(25)18-16(23)9-17(24)28-19(14)18/h2-9,23H,10H2,1H3. The van der Waals surface area contributed by atoms with Crippen molar-refractivity contribution < 1.29 is 22.3 Å². The molecule has 2 aromatic heterocycles. The summed E-state index contributed by atoms with van der Waals surface area (Å²) in [6, 6.07) is 10.3. The van der Waals surface area contributed by atoms with Gasteiger partial charge in [-0.2, -0.15) is 0 Å². The van der Waals surface area contributed by atoms with Crippen LogP contribution < -0.4 is 11.2 Å². The molecule has 0 saturated heterocycles. The molecule has 4 aromatic rings. The minimum Gasteiger partial charge on any atom is -0.507 e. The average Bonchev–Trinajstić information content (AvgIpc) is 2.65. The minimum absolute atomic E-state index is 0.0165. The average molecular weight is 415 g/mol. The van der Waals surface area contributed by atoms with Crippen LogP contribution in [-0.2, 0) is 16.4 Å². The predicted molar refractivity (Wildman–Crippen MR) is 105 cm³/mol. The van der Waals surface area contributed by atoms with Crippen molar-refractivity contribution in [3.05, 3.63) is 80.7 Å². The lowest BCUT2D eigenvalue weighted by molar-refractivity contribution is 0.467. The highest BCUT2D eigenvalue weighted by Gasteiger charge is 2.19. The Balaban J connectivity index is 2.15. The summed E-state index contributed by atoms with van der Waals surface area (Å²) in [5.41, 5.74) is -0.882. The monoisotopic (exact) mass is 415 g/mol. The molecule has 0 fully saturated rings. The third-order valence-electron chi connectivity index (χ3n) is 4.59. The zero-order chi connectivity index (χ0) is 20.9. The summed E-state index contributed by atoms with van der Waals surface area (Å²) < 4.78 is 43.6. The van der Waals surface area contributed by atoms with E-state index in [4.69, 9.17) is 4.42 Å². The highest BCUT2D eigenvalue weighted by atomic mass is 32.2. The second kappa shape index (κ2) is 6.56. The number of pyridine rings is 1. The summed E-state index contributed by atoms with van der Waals surface area (Å²) in [5, 5.41) is 10.3. The molecule has 0 aliphatic heterocycles. The smallest absolute Gasteiger partial charge is 0.339 e. The summed E-state index contributed by atoms with van der Waals surface area (Å²) in [4.78, 5) is 24.8. The van der Waals surface area contributed by atoms with Gasteiger partial charge in [-0.25, -0.2) is 17.6 Å². The van der Waals surface area contributed by atoms with Gasteiger partial charge in [0, 0.05) is 11.6 Å². The Morgan fingerprint density at radius 1 is 1.07 bits per heavy atom. The Bertz CT molecular complexity index is 1500. The molecule has 2 heterocycles. The zero-order valence-corrected chi connectivity index (χ0v) is 15.9. The van der Waals surface area contributed by atoms with Crippen LogP contribution in [0.1, 0.15) is 5.56 Å². The number of sulfone groups is 1. The van der Waals surface area contributed by atoms with Crippen LogP contribution in [0.2, 0.25) is 0 Å². The fourth-order valence-electron chi connectivity index (χ4n) is 3.21. The first-order valence-electron chi connectivity index (χ1n) is 8.43. The molecule has 0 aliphatic rings. The van der Waals surface area contributed by atoms with Gasteiger partial charge >= 0.3 is 5.63 Å². The van der Waals surface area contributed by atoms with Gasteiger partial charge in [-0.1, -0.05) is 12.1 Å². The lowest BCUT2D eigenvalue weighted by atomic mass is 10.1. The Hall–Kier alpha value is -3.46. The van der Waals surface area contributed by atoms with Crippen LogP contribution in [0.3, 0.4) is 0 Å². The molecule has 0 bridgehead atoms. The van der Waals surface area contributed by atoms with Crippen molar-refractivity contribution in [2.24, 2.45) is 0 Å². The van der Waals surface area contributed by atoms with Gasteiger partial charge in [0.1, 0.15) is 17.0 Å². The Morgan fingerprint density at radius 3 is 2.41 bits per heavy atom. The van der Waals surface area contributed by atoms with Crippen molar-refractivity contribution in [2.75, 3.05) is 6.26 Å². The summed E-state index contributed by atoms with van der Waals surface area (Å²) in [5.74, 6) is -0.980. The number of nitrogens with zero attached hydrogens (tertiary/aromatic N) is 1. The van der Waals surface area contributed by atoms with E-state index in [0.717, 1.165) is 12.3 Å². The largest absolute Gasteiger partial charge is 0.507 e. The van der Waals surface area contributed by atoms with E-state index in [2.05, 4.69) is 0 Å². The molecule has 7 nitrogen and oxygen atoms in total. The molecular weight excluding hydrogens is 401 g/mol. The van der Waals surface area contributed by atoms with Gasteiger partial charge in [-0.15, -0.1) is 0 Å². The number of fused-ring (bicyclic) bond motifs is 3. The molecule has 9 heteroatoms. The molecule has 29 heavy (non-hydrogen) atoms. The first-order chi connectivity index (χ1) is 13.6. The highest BCUT2D eigenvalue weighted by molar-refractivity contribution is 7.90. The molecule has 0 atom stereocenters. The first-order valence-corrected chi connectivity index (χ1v) is 10.3. The second-order valence-electron chi connectivity index (χ2n) is 6.62. The van der Waals surface area contributed by atoms with E-state index in [1.165, 1.54) is 47.0 Å². The van der Waals surface area contributed by atoms with E-state index < -0.39 is 32.6 Å². The lowest BCUT2D eigenvalue weighted by Gasteiger charge is -2.14. The van der Waals surface area contributed by atoms with Crippen molar-refractivity contribution in [1.29, 1.82) is 0 Å². The van der Waals surface area contributed by atoms with Crippen LogP contribution in [0.15, 0.2) is 67.4 Å². The molecule has 4 rings (SSSR count). The van der Waals surface area contributed by atoms with E-state index in [9.17, 15) is 27.5 Å². The predicted octanol–water partition coefficient (Wildman–Crippen LogP) is 2.40. The van der Waals surface area contributed by atoms with Crippen LogP contribution in [-0.4, -0.2) is 24.3 Å². The summed E-state index contributed by atoms with van der Waals surface area (Å²) >= 11 is 0. The molecule has 0 aliphatic carbocycles. The van der Waals surface area contributed by atoms with E-state index in [1.807, 2.05) is 0 Å².